The zero-order valence-corrected chi connectivity index (χ0v) is 10.1. The molecule has 1 aromatic carbocycles. The van der Waals surface area contributed by atoms with E-state index in [0.29, 0.717) is 6.54 Å². The van der Waals surface area contributed by atoms with Crippen molar-refractivity contribution in [3.8, 4) is 0 Å². The van der Waals surface area contributed by atoms with E-state index in [1.54, 1.807) is 6.92 Å². The molecule has 3 heteroatoms. The molecule has 0 heterocycles. The van der Waals surface area contributed by atoms with Crippen LogP contribution in [0.1, 0.15) is 31.9 Å². The number of anilines is 1. The Hall–Kier alpha value is -1.06. The summed E-state index contributed by atoms with van der Waals surface area (Å²) in [5.74, 6) is 0. The first kappa shape index (κ1) is 13.0. The molecular formula is C13H21NO2. The summed E-state index contributed by atoms with van der Waals surface area (Å²) in [7, 11) is 0. The number of benzene rings is 1. The SMILES string of the molecule is CCCN(CCO)c1ccc(C(C)O)cc1. The van der Waals surface area contributed by atoms with Crippen LogP contribution in [0.25, 0.3) is 0 Å². The van der Waals surface area contributed by atoms with E-state index in [1.807, 2.05) is 24.3 Å². The van der Waals surface area contributed by atoms with E-state index < -0.39 is 6.10 Å². The van der Waals surface area contributed by atoms with Crippen molar-refractivity contribution in [2.75, 3.05) is 24.6 Å². The van der Waals surface area contributed by atoms with Gasteiger partial charge in [0.05, 0.1) is 12.7 Å². The summed E-state index contributed by atoms with van der Waals surface area (Å²) in [5, 5.41) is 18.4. The van der Waals surface area contributed by atoms with E-state index in [-0.39, 0.29) is 6.61 Å². The van der Waals surface area contributed by atoms with Gasteiger partial charge in [0.1, 0.15) is 0 Å². The third-order valence-corrected chi connectivity index (χ3v) is 2.60. The van der Waals surface area contributed by atoms with Crippen molar-refractivity contribution in [1.82, 2.24) is 0 Å². The Morgan fingerprint density at radius 1 is 1.19 bits per heavy atom. The summed E-state index contributed by atoms with van der Waals surface area (Å²) in [6.07, 6.45) is 0.629. The van der Waals surface area contributed by atoms with Crippen molar-refractivity contribution in [3.05, 3.63) is 29.8 Å². The Bertz CT molecular complexity index is 289. The first-order chi connectivity index (χ1) is 7.69. The standard InChI is InChI=1S/C13H21NO2/c1-3-8-14(9-10-15)13-6-4-12(5-7-13)11(2)16/h4-7,11,15-16H,3,8-10H2,1-2H3. The number of aliphatic hydroxyl groups is 2. The molecule has 0 aliphatic rings. The van der Waals surface area contributed by atoms with Crippen molar-refractivity contribution in [3.63, 3.8) is 0 Å². The number of rotatable bonds is 6. The van der Waals surface area contributed by atoms with E-state index in [9.17, 15) is 5.11 Å². The van der Waals surface area contributed by atoms with Gasteiger partial charge in [0.2, 0.25) is 0 Å². The third kappa shape index (κ3) is 3.51. The number of hydrogen-bond donors (Lipinski definition) is 2. The second kappa shape index (κ2) is 6.51. The van der Waals surface area contributed by atoms with Gasteiger partial charge in [0.25, 0.3) is 0 Å². The van der Waals surface area contributed by atoms with E-state index in [4.69, 9.17) is 5.11 Å². The predicted octanol–water partition coefficient (Wildman–Crippen LogP) is 1.95. The fraction of sp³-hybridized carbons (Fsp3) is 0.538. The van der Waals surface area contributed by atoms with Crippen molar-refractivity contribution in [2.45, 2.75) is 26.4 Å². The molecule has 1 unspecified atom stereocenters. The Labute approximate surface area is 97.3 Å². The Kier molecular flexibility index (Phi) is 5.29. The van der Waals surface area contributed by atoms with Crippen LogP contribution in [0.15, 0.2) is 24.3 Å². The quantitative estimate of drug-likeness (QED) is 0.774. The zero-order valence-electron chi connectivity index (χ0n) is 10.1. The van der Waals surface area contributed by atoms with Gasteiger partial charge in [-0.25, -0.2) is 0 Å². The molecule has 0 fully saturated rings. The number of aliphatic hydroxyl groups excluding tert-OH is 2. The van der Waals surface area contributed by atoms with Crippen molar-refractivity contribution in [2.24, 2.45) is 0 Å². The van der Waals surface area contributed by atoms with Gasteiger partial charge in [-0.2, -0.15) is 0 Å². The number of nitrogens with zero attached hydrogens (tertiary/aromatic N) is 1. The molecule has 0 spiro atoms. The van der Waals surface area contributed by atoms with Gasteiger partial charge in [0, 0.05) is 18.8 Å². The highest BCUT2D eigenvalue weighted by Gasteiger charge is 2.06. The molecule has 0 amide bonds. The summed E-state index contributed by atoms with van der Waals surface area (Å²) in [4.78, 5) is 2.14. The van der Waals surface area contributed by atoms with Crippen LogP contribution in [0.4, 0.5) is 5.69 Å². The van der Waals surface area contributed by atoms with Crippen molar-refractivity contribution < 1.29 is 10.2 Å². The highest BCUT2D eigenvalue weighted by molar-refractivity contribution is 5.47. The van der Waals surface area contributed by atoms with E-state index in [0.717, 1.165) is 24.2 Å². The zero-order chi connectivity index (χ0) is 12.0. The fourth-order valence-electron chi connectivity index (χ4n) is 1.72. The topological polar surface area (TPSA) is 43.7 Å². The molecule has 0 saturated heterocycles. The predicted molar refractivity (Wildman–Crippen MR) is 66.7 cm³/mol. The van der Waals surface area contributed by atoms with Gasteiger partial charge in [-0.3, -0.25) is 0 Å². The fourth-order valence-corrected chi connectivity index (χ4v) is 1.72. The van der Waals surface area contributed by atoms with Gasteiger partial charge < -0.3 is 15.1 Å². The largest absolute Gasteiger partial charge is 0.395 e. The second-order valence-corrected chi connectivity index (χ2v) is 3.98. The van der Waals surface area contributed by atoms with Crippen LogP contribution in [0, 0.1) is 0 Å². The summed E-state index contributed by atoms with van der Waals surface area (Å²) >= 11 is 0. The molecule has 90 valence electrons. The highest BCUT2D eigenvalue weighted by atomic mass is 16.3. The van der Waals surface area contributed by atoms with E-state index >= 15 is 0 Å². The van der Waals surface area contributed by atoms with Crippen LogP contribution in [0.5, 0.6) is 0 Å². The summed E-state index contributed by atoms with van der Waals surface area (Å²) in [5.41, 5.74) is 2.02. The van der Waals surface area contributed by atoms with E-state index in [1.165, 1.54) is 0 Å². The molecule has 2 N–H and O–H groups in total. The minimum atomic E-state index is -0.425. The summed E-state index contributed by atoms with van der Waals surface area (Å²) in [6, 6.07) is 7.85. The third-order valence-electron chi connectivity index (χ3n) is 2.60. The molecule has 0 bridgehead atoms. The molecule has 3 nitrogen and oxygen atoms in total. The molecular weight excluding hydrogens is 202 g/mol. The minimum absolute atomic E-state index is 0.165. The summed E-state index contributed by atoms with van der Waals surface area (Å²) in [6.45, 7) is 5.63. The lowest BCUT2D eigenvalue weighted by molar-refractivity contribution is 0.199. The maximum Gasteiger partial charge on any atom is 0.0761 e. The van der Waals surface area contributed by atoms with Crippen LogP contribution >= 0.6 is 0 Å². The molecule has 0 aliphatic heterocycles. The normalized spacial score (nSPS) is 12.5. The second-order valence-electron chi connectivity index (χ2n) is 3.98. The molecule has 16 heavy (non-hydrogen) atoms. The van der Waals surface area contributed by atoms with Crippen LogP contribution in [0.2, 0.25) is 0 Å². The molecule has 0 aromatic heterocycles. The molecule has 1 aromatic rings. The van der Waals surface area contributed by atoms with Crippen LogP contribution in [-0.2, 0) is 0 Å². The first-order valence-corrected chi connectivity index (χ1v) is 5.82. The molecule has 1 atom stereocenters. The smallest absolute Gasteiger partial charge is 0.0761 e. The van der Waals surface area contributed by atoms with Gasteiger partial charge in [-0.15, -0.1) is 0 Å². The average molecular weight is 223 g/mol. The van der Waals surface area contributed by atoms with Crippen LogP contribution in [-0.4, -0.2) is 29.9 Å². The molecule has 0 aliphatic carbocycles. The maximum atomic E-state index is 9.41. The average Bonchev–Trinajstić information content (AvgIpc) is 2.29. The molecule has 0 saturated carbocycles. The summed E-state index contributed by atoms with van der Waals surface area (Å²) < 4.78 is 0. The van der Waals surface area contributed by atoms with Gasteiger partial charge in [0.15, 0.2) is 0 Å². The lowest BCUT2D eigenvalue weighted by atomic mass is 10.1. The van der Waals surface area contributed by atoms with Crippen LogP contribution < -0.4 is 4.90 Å². The Morgan fingerprint density at radius 2 is 1.81 bits per heavy atom. The van der Waals surface area contributed by atoms with Gasteiger partial charge in [-0.1, -0.05) is 19.1 Å². The van der Waals surface area contributed by atoms with Gasteiger partial charge >= 0.3 is 0 Å². The number of hydrogen-bond acceptors (Lipinski definition) is 3. The molecule has 0 radical (unpaired) electrons. The minimum Gasteiger partial charge on any atom is -0.395 e. The van der Waals surface area contributed by atoms with Crippen molar-refractivity contribution >= 4 is 5.69 Å². The van der Waals surface area contributed by atoms with E-state index in [2.05, 4.69) is 11.8 Å². The van der Waals surface area contributed by atoms with Crippen molar-refractivity contribution in [1.29, 1.82) is 0 Å². The Morgan fingerprint density at radius 3 is 2.25 bits per heavy atom. The van der Waals surface area contributed by atoms with Crippen LogP contribution in [0.3, 0.4) is 0 Å². The molecule has 1 rings (SSSR count). The highest BCUT2D eigenvalue weighted by Crippen LogP contribution is 2.19. The first-order valence-electron chi connectivity index (χ1n) is 5.82. The lowest BCUT2D eigenvalue weighted by Crippen LogP contribution is -2.27. The monoisotopic (exact) mass is 223 g/mol. The van der Waals surface area contributed by atoms with Gasteiger partial charge in [-0.05, 0) is 31.0 Å². The Balaban J connectivity index is 2.76. The lowest BCUT2D eigenvalue weighted by Gasteiger charge is -2.23. The maximum absolute atomic E-state index is 9.41.